The lowest BCUT2D eigenvalue weighted by Crippen LogP contribution is -2.44. The summed E-state index contributed by atoms with van der Waals surface area (Å²) < 4.78 is 1.07. The lowest BCUT2D eigenvalue weighted by atomic mass is 10.0. The third kappa shape index (κ3) is 3.73. The highest BCUT2D eigenvalue weighted by Crippen LogP contribution is 2.30. The average molecular weight is 340 g/mol. The summed E-state index contributed by atoms with van der Waals surface area (Å²) in [5, 5.41) is 3.00. The Labute approximate surface area is 128 Å². The molecule has 0 saturated carbocycles. The molecule has 0 radical (unpaired) electrons. The van der Waals surface area contributed by atoms with Crippen molar-refractivity contribution in [3.8, 4) is 0 Å². The van der Waals surface area contributed by atoms with E-state index in [4.69, 9.17) is 5.73 Å². The minimum atomic E-state index is 0.0196. The van der Waals surface area contributed by atoms with Gasteiger partial charge >= 0.3 is 0 Å². The van der Waals surface area contributed by atoms with Crippen molar-refractivity contribution in [2.75, 3.05) is 18.0 Å². The SMILES string of the molecule is CC(=O)NC1CCN(c2cc(Br)ccc2C(C)N)CC1. The Hall–Kier alpha value is -1.07. The summed E-state index contributed by atoms with van der Waals surface area (Å²) >= 11 is 3.53. The van der Waals surface area contributed by atoms with Crippen LogP contribution in [0.15, 0.2) is 22.7 Å². The predicted molar refractivity (Wildman–Crippen MR) is 85.8 cm³/mol. The summed E-state index contributed by atoms with van der Waals surface area (Å²) in [5.74, 6) is 0.0576. The van der Waals surface area contributed by atoms with Gasteiger partial charge in [0.25, 0.3) is 0 Å². The Morgan fingerprint density at radius 3 is 2.65 bits per heavy atom. The van der Waals surface area contributed by atoms with Crippen LogP contribution >= 0.6 is 15.9 Å². The zero-order valence-electron chi connectivity index (χ0n) is 12.0. The van der Waals surface area contributed by atoms with Crippen molar-refractivity contribution < 1.29 is 4.79 Å². The van der Waals surface area contributed by atoms with E-state index in [0.717, 1.165) is 30.4 Å². The van der Waals surface area contributed by atoms with E-state index in [9.17, 15) is 4.79 Å². The Balaban J connectivity index is 2.10. The van der Waals surface area contributed by atoms with E-state index in [0.29, 0.717) is 6.04 Å². The Bertz CT molecular complexity index is 482. The number of piperidine rings is 1. The van der Waals surface area contributed by atoms with Crippen molar-refractivity contribution in [2.24, 2.45) is 5.73 Å². The summed E-state index contributed by atoms with van der Waals surface area (Å²) in [6, 6.07) is 6.58. The van der Waals surface area contributed by atoms with Gasteiger partial charge in [0, 0.05) is 42.3 Å². The molecule has 1 heterocycles. The first-order valence-corrected chi connectivity index (χ1v) is 7.83. The zero-order chi connectivity index (χ0) is 14.7. The molecule has 1 aromatic rings. The molecule has 1 atom stereocenters. The highest BCUT2D eigenvalue weighted by Gasteiger charge is 2.22. The predicted octanol–water partition coefficient (Wildman–Crippen LogP) is 2.57. The van der Waals surface area contributed by atoms with Crippen LogP contribution in [0, 0.1) is 0 Å². The number of nitrogens with two attached hydrogens (primary N) is 1. The summed E-state index contributed by atoms with van der Waals surface area (Å²) in [5.41, 5.74) is 8.44. The van der Waals surface area contributed by atoms with Crippen LogP contribution < -0.4 is 16.0 Å². The van der Waals surface area contributed by atoms with Crippen LogP contribution in [0.5, 0.6) is 0 Å². The van der Waals surface area contributed by atoms with Gasteiger partial charge in [0.2, 0.25) is 5.91 Å². The Morgan fingerprint density at radius 2 is 2.10 bits per heavy atom. The number of nitrogens with one attached hydrogen (secondary N) is 1. The van der Waals surface area contributed by atoms with Crippen molar-refractivity contribution in [1.29, 1.82) is 0 Å². The van der Waals surface area contributed by atoms with E-state index < -0.39 is 0 Å². The van der Waals surface area contributed by atoms with E-state index in [1.165, 1.54) is 11.3 Å². The molecule has 5 heteroatoms. The number of benzene rings is 1. The van der Waals surface area contributed by atoms with Gasteiger partial charge in [-0.1, -0.05) is 22.0 Å². The van der Waals surface area contributed by atoms with Gasteiger partial charge < -0.3 is 16.0 Å². The van der Waals surface area contributed by atoms with Gasteiger partial charge in [-0.05, 0) is 37.5 Å². The van der Waals surface area contributed by atoms with Crippen LogP contribution in [0.1, 0.15) is 38.3 Å². The van der Waals surface area contributed by atoms with E-state index in [-0.39, 0.29) is 11.9 Å². The van der Waals surface area contributed by atoms with Gasteiger partial charge in [0.1, 0.15) is 0 Å². The molecule has 4 nitrogen and oxygen atoms in total. The van der Waals surface area contributed by atoms with E-state index in [2.05, 4.69) is 38.3 Å². The Morgan fingerprint density at radius 1 is 1.45 bits per heavy atom. The van der Waals surface area contributed by atoms with Gasteiger partial charge in [-0.15, -0.1) is 0 Å². The first-order valence-electron chi connectivity index (χ1n) is 7.04. The van der Waals surface area contributed by atoms with Gasteiger partial charge in [-0.25, -0.2) is 0 Å². The fourth-order valence-electron chi connectivity index (χ4n) is 2.73. The number of rotatable bonds is 3. The fourth-order valence-corrected chi connectivity index (χ4v) is 3.08. The summed E-state index contributed by atoms with van der Waals surface area (Å²) in [4.78, 5) is 13.5. The molecule has 110 valence electrons. The summed E-state index contributed by atoms with van der Waals surface area (Å²) in [6.07, 6.45) is 1.95. The monoisotopic (exact) mass is 339 g/mol. The van der Waals surface area contributed by atoms with Crippen LogP contribution in [0.3, 0.4) is 0 Å². The number of hydrogen-bond donors (Lipinski definition) is 2. The van der Waals surface area contributed by atoms with Gasteiger partial charge in [-0.2, -0.15) is 0 Å². The third-order valence-corrected chi connectivity index (χ3v) is 4.22. The van der Waals surface area contributed by atoms with Crippen molar-refractivity contribution in [3.05, 3.63) is 28.2 Å². The largest absolute Gasteiger partial charge is 0.371 e. The molecule has 1 fully saturated rings. The maximum Gasteiger partial charge on any atom is 0.217 e. The normalized spacial score (nSPS) is 17.9. The molecule has 3 N–H and O–H groups in total. The molecule has 1 unspecified atom stereocenters. The van der Waals surface area contributed by atoms with Gasteiger partial charge in [0.05, 0.1) is 0 Å². The number of anilines is 1. The first-order chi connectivity index (χ1) is 9.47. The average Bonchev–Trinajstić information content (AvgIpc) is 2.38. The number of nitrogens with zero attached hydrogens (tertiary/aromatic N) is 1. The highest BCUT2D eigenvalue weighted by atomic mass is 79.9. The fraction of sp³-hybridized carbons (Fsp3) is 0.533. The molecule has 0 aromatic heterocycles. The molecule has 0 bridgehead atoms. The number of carbonyl (C=O) groups is 1. The van der Waals surface area contributed by atoms with Crippen LogP contribution in [0.2, 0.25) is 0 Å². The van der Waals surface area contributed by atoms with Crippen LogP contribution in [-0.4, -0.2) is 25.0 Å². The molecule has 1 saturated heterocycles. The second kappa shape index (κ2) is 6.59. The summed E-state index contributed by atoms with van der Waals surface area (Å²) in [6.45, 7) is 5.48. The van der Waals surface area contributed by atoms with E-state index in [1.807, 2.05) is 13.0 Å². The molecule has 1 aromatic carbocycles. The van der Waals surface area contributed by atoms with Crippen LogP contribution in [-0.2, 0) is 4.79 Å². The van der Waals surface area contributed by atoms with Gasteiger partial charge in [0.15, 0.2) is 0 Å². The Kier molecular flexibility index (Phi) is 5.05. The first kappa shape index (κ1) is 15.3. The second-order valence-electron chi connectivity index (χ2n) is 5.45. The lowest BCUT2D eigenvalue weighted by Gasteiger charge is -2.35. The zero-order valence-corrected chi connectivity index (χ0v) is 13.6. The topological polar surface area (TPSA) is 58.4 Å². The molecule has 20 heavy (non-hydrogen) atoms. The number of amides is 1. The lowest BCUT2D eigenvalue weighted by molar-refractivity contribution is -0.119. The molecule has 0 spiro atoms. The minimum Gasteiger partial charge on any atom is -0.371 e. The molecular weight excluding hydrogens is 318 g/mol. The van der Waals surface area contributed by atoms with Crippen molar-refractivity contribution >= 4 is 27.5 Å². The smallest absolute Gasteiger partial charge is 0.217 e. The highest BCUT2D eigenvalue weighted by molar-refractivity contribution is 9.10. The second-order valence-corrected chi connectivity index (χ2v) is 6.37. The summed E-state index contributed by atoms with van der Waals surface area (Å²) in [7, 11) is 0. The maximum absolute atomic E-state index is 11.1. The molecule has 1 amide bonds. The van der Waals surface area contributed by atoms with Crippen molar-refractivity contribution in [1.82, 2.24) is 5.32 Å². The van der Waals surface area contributed by atoms with Crippen molar-refractivity contribution in [3.63, 3.8) is 0 Å². The van der Waals surface area contributed by atoms with Gasteiger partial charge in [-0.3, -0.25) is 4.79 Å². The number of halogens is 1. The molecule has 2 rings (SSSR count). The van der Waals surface area contributed by atoms with Crippen molar-refractivity contribution in [2.45, 2.75) is 38.8 Å². The standard InChI is InChI=1S/C15H22BrN3O/c1-10(17)14-4-3-12(16)9-15(14)19-7-5-13(6-8-19)18-11(2)20/h3-4,9-10,13H,5-8,17H2,1-2H3,(H,18,20). The molecule has 1 aliphatic heterocycles. The van der Waals surface area contributed by atoms with Crippen LogP contribution in [0.4, 0.5) is 5.69 Å². The quantitative estimate of drug-likeness (QED) is 0.889. The molecule has 1 aliphatic rings. The molecular formula is C15H22BrN3O. The minimum absolute atomic E-state index is 0.0196. The van der Waals surface area contributed by atoms with E-state index in [1.54, 1.807) is 6.92 Å². The number of carbonyl (C=O) groups excluding carboxylic acids is 1. The number of hydrogen-bond acceptors (Lipinski definition) is 3. The third-order valence-electron chi connectivity index (χ3n) is 3.73. The van der Waals surface area contributed by atoms with Crippen LogP contribution in [0.25, 0.3) is 0 Å². The maximum atomic E-state index is 11.1. The van der Waals surface area contributed by atoms with E-state index >= 15 is 0 Å². The molecule has 0 aliphatic carbocycles.